The van der Waals surface area contributed by atoms with E-state index in [0.717, 1.165) is 29.0 Å². The number of rotatable bonds is 17. The van der Waals surface area contributed by atoms with Gasteiger partial charge in [-0.15, -0.1) is 0 Å². The molecule has 7 heteroatoms. The molecule has 0 fully saturated rings. The number of ether oxygens (including phenoxy) is 2. The van der Waals surface area contributed by atoms with Crippen LogP contribution in [0.2, 0.25) is 0 Å². The molecular weight excluding hydrogens is 819 g/mol. The van der Waals surface area contributed by atoms with Crippen LogP contribution in [0.1, 0.15) is 22.3 Å². The Morgan fingerprint density at radius 1 is 0.444 bits per heavy atom. The first-order chi connectivity index (χ1) is 31.0. The Morgan fingerprint density at radius 3 is 1.30 bits per heavy atom. The van der Waals surface area contributed by atoms with Gasteiger partial charge in [0.25, 0.3) is 0 Å². The van der Waals surface area contributed by atoms with Gasteiger partial charge in [-0.25, -0.2) is 0 Å². The summed E-state index contributed by atoms with van der Waals surface area (Å²) in [5.74, 6) is 1.30. The summed E-state index contributed by atoms with van der Waals surface area (Å²) in [5, 5.41) is 17.4. The topological polar surface area (TPSA) is 42.2 Å². The maximum absolute atomic E-state index is 13.0. The first kappa shape index (κ1) is 43.2. The van der Waals surface area contributed by atoms with Crippen molar-refractivity contribution in [1.82, 2.24) is 0 Å². The monoisotopic (exact) mass is 869 g/mol. The molecule has 0 heterocycles. The zero-order valence-corrected chi connectivity index (χ0v) is 37.4. The molecule has 0 amide bonds. The van der Waals surface area contributed by atoms with E-state index in [-0.39, 0.29) is 13.2 Å². The molecule has 0 aliphatic rings. The van der Waals surface area contributed by atoms with E-state index in [0.29, 0.717) is 17.1 Å². The molecule has 0 aliphatic heterocycles. The second-order valence-electron chi connectivity index (χ2n) is 15.9. The summed E-state index contributed by atoms with van der Waals surface area (Å²) in [7, 11) is -5.51. The van der Waals surface area contributed by atoms with Crippen molar-refractivity contribution in [3.63, 3.8) is 0 Å². The van der Waals surface area contributed by atoms with E-state index < -0.39 is 27.9 Å². The van der Waals surface area contributed by atoms with E-state index in [2.05, 4.69) is 177 Å². The summed E-state index contributed by atoms with van der Waals surface area (Å²) in [5.41, 5.74) is 6.55. The number of nitrogens with zero attached hydrogens (tertiary/aromatic N) is 1. The van der Waals surface area contributed by atoms with Gasteiger partial charge in [0.2, 0.25) is 0 Å². The summed E-state index contributed by atoms with van der Waals surface area (Å²) in [4.78, 5) is 0. The Bertz CT molecular complexity index is 2760. The molecule has 0 saturated heterocycles. The Kier molecular flexibility index (Phi) is 13.8. The number of halogens is 2. The molecule has 0 atom stereocenters. The molecule has 8 aromatic carbocycles. The third-order valence-electron chi connectivity index (χ3n) is 12.3. The summed E-state index contributed by atoms with van der Waals surface area (Å²) >= 11 is 0. The molecule has 0 spiro atoms. The summed E-state index contributed by atoms with van der Waals surface area (Å²) < 4.78 is 37.5. The number of aryl methyl sites for hydroxylation is 1. The van der Waals surface area contributed by atoms with Crippen molar-refractivity contribution in [2.24, 2.45) is 0 Å². The molecule has 3 nitrogen and oxygen atoms in total. The van der Waals surface area contributed by atoms with Gasteiger partial charge in [-0.1, -0.05) is 0 Å². The van der Waals surface area contributed by atoms with Gasteiger partial charge in [-0.05, 0) is 0 Å². The number of hydrogen-bond acceptors (Lipinski definition) is 3. The van der Waals surface area contributed by atoms with Crippen LogP contribution in [0.25, 0.3) is 11.1 Å². The zero-order valence-electron chi connectivity index (χ0n) is 35.4. The Balaban J connectivity index is 1.23. The van der Waals surface area contributed by atoms with E-state index in [1.807, 2.05) is 42.5 Å². The van der Waals surface area contributed by atoms with Crippen molar-refractivity contribution >= 4 is 46.4 Å². The summed E-state index contributed by atoms with van der Waals surface area (Å²) in [6.07, 6.45) is 1.61. The molecule has 0 bridgehead atoms. The van der Waals surface area contributed by atoms with Crippen LogP contribution in [-0.2, 0) is 12.3 Å². The van der Waals surface area contributed by atoms with Crippen molar-refractivity contribution in [3.05, 3.63) is 229 Å². The van der Waals surface area contributed by atoms with Gasteiger partial charge >= 0.3 is 373 Å². The molecule has 316 valence electrons. The SMILES string of the molecule is Cc1ccccc1C[PH](c1ccccc1)(c1ccc(OCCF)cc1)c1ccc(-c2ccc([PH](Cc3cccc(C#N)c3)(c3ccccc3)c3ccc(OCCF)cc3)cc2)cc1. The van der Waals surface area contributed by atoms with Gasteiger partial charge in [0.05, 0.1) is 0 Å². The van der Waals surface area contributed by atoms with E-state index in [1.54, 1.807) is 0 Å². The van der Waals surface area contributed by atoms with Crippen LogP contribution < -0.4 is 41.3 Å². The zero-order chi connectivity index (χ0) is 43.5. The fourth-order valence-electron chi connectivity index (χ4n) is 9.09. The van der Waals surface area contributed by atoms with Crippen LogP contribution in [-0.4, -0.2) is 26.6 Å². The number of benzene rings is 8. The normalized spacial score (nSPS) is 12.0. The van der Waals surface area contributed by atoms with Gasteiger partial charge in [0.15, 0.2) is 0 Å². The van der Waals surface area contributed by atoms with Crippen molar-refractivity contribution < 1.29 is 18.3 Å². The number of nitriles is 1. The molecule has 0 aromatic heterocycles. The average Bonchev–Trinajstić information content (AvgIpc) is 3.35. The Labute approximate surface area is 371 Å². The van der Waals surface area contributed by atoms with E-state index in [1.165, 1.54) is 43.0 Å². The third-order valence-corrected chi connectivity index (χ3v) is 22.0. The fraction of sp³-hybridized carbons (Fsp3) is 0.125. The molecule has 0 aliphatic carbocycles. The second-order valence-corrected chi connectivity index (χ2v) is 23.7. The first-order valence-corrected chi connectivity index (χ1v) is 25.8. The molecule has 0 unspecified atom stereocenters. The summed E-state index contributed by atoms with van der Waals surface area (Å²) in [6.45, 7) is 1.15. The van der Waals surface area contributed by atoms with Crippen LogP contribution in [0.15, 0.2) is 206 Å². The van der Waals surface area contributed by atoms with Gasteiger partial charge in [0.1, 0.15) is 0 Å². The molecular formula is C56H51F2NO2P2. The van der Waals surface area contributed by atoms with Crippen molar-refractivity contribution in [3.8, 4) is 28.7 Å². The molecule has 8 rings (SSSR count). The molecule has 8 aromatic rings. The van der Waals surface area contributed by atoms with Crippen molar-refractivity contribution in [2.75, 3.05) is 26.6 Å². The van der Waals surface area contributed by atoms with Crippen molar-refractivity contribution in [1.29, 1.82) is 5.26 Å². The predicted octanol–water partition coefficient (Wildman–Crippen LogP) is 10.7. The van der Waals surface area contributed by atoms with Crippen LogP contribution in [0.3, 0.4) is 0 Å². The predicted molar refractivity (Wildman–Crippen MR) is 265 cm³/mol. The van der Waals surface area contributed by atoms with Gasteiger partial charge < -0.3 is 0 Å². The van der Waals surface area contributed by atoms with Gasteiger partial charge in [-0.3, -0.25) is 0 Å². The van der Waals surface area contributed by atoms with Crippen LogP contribution in [0, 0.1) is 18.3 Å². The first-order valence-electron chi connectivity index (χ1n) is 21.4. The summed E-state index contributed by atoms with van der Waals surface area (Å²) in [6, 6.07) is 75.3. The minimum atomic E-state index is -2.80. The van der Waals surface area contributed by atoms with E-state index in [9.17, 15) is 14.0 Å². The number of alkyl halides is 2. The van der Waals surface area contributed by atoms with E-state index in [4.69, 9.17) is 9.47 Å². The molecule has 0 N–H and O–H groups in total. The average molecular weight is 870 g/mol. The van der Waals surface area contributed by atoms with Gasteiger partial charge in [0, 0.05) is 0 Å². The van der Waals surface area contributed by atoms with Crippen LogP contribution in [0.4, 0.5) is 8.78 Å². The van der Waals surface area contributed by atoms with Crippen LogP contribution >= 0.6 is 14.5 Å². The molecule has 0 radical (unpaired) electrons. The van der Waals surface area contributed by atoms with Gasteiger partial charge in [-0.2, -0.15) is 0 Å². The fourth-order valence-corrected chi connectivity index (χ4v) is 18.6. The Morgan fingerprint density at radius 2 is 0.857 bits per heavy atom. The Hall–Kier alpha value is -6.43. The van der Waals surface area contributed by atoms with Crippen LogP contribution in [0.5, 0.6) is 11.5 Å². The second kappa shape index (κ2) is 20.2. The van der Waals surface area contributed by atoms with E-state index >= 15 is 0 Å². The number of hydrogen-bond donors (Lipinski definition) is 0. The maximum atomic E-state index is 13.0. The molecule has 0 saturated carbocycles. The standard InChI is InChI=1S/C56H51F2NO2P2/c1-43-11-8-9-14-48(43)42-63(52-17-6-3-7-18-52,56-33-25-50(26-34-56)61-38-36-58)54-29-21-47(22-30-54)46-19-27-53(28-20-46)62(51-15-4-2-5-16-51,41-45-13-10-12-44(39-45)40-59)55-31-23-49(24-32-55)60-37-35-57/h2-34,39,62-63H,35-38,41-42H2,1H3. The quantitative estimate of drug-likeness (QED) is 0.0857. The van der Waals surface area contributed by atoms with Crippen molar-refractivity contribution in [2.45, 2.75) is 19.2 Å². The third kappa shape index (κ3) is 9.35. The minimum absolute atomic E-state index is 0.0112. The molecule has 63 heavy (non-hydrogen) atoms.